The zero-order valence-electron chi connectivity index (χ0n) is 12.5. The normalized spacial score (nSPS) is 27.4. The summed E-state index contributed by atoms with van der Waals surface area (Å²) in [4.78, 5) is 0. The summed E-state index contributed by atoms with van der Waals surface area (Å²) >= 11 is 12.1. The maximum absolute atomic E-state index is 6.27. The molecule has 2 aliphatic carbocycles. The molecule has 1 aromatic carbocycles. The van der Waals surface area contributed by atoms with Crippen molar-refractivity contribution in [1.82, 2.24) is 5.32 Å². The Bertz CT molecular complexity index is 479. The van der Waals surface area contributed by atoms with Crippen LogP contribution in [0.5, 0.6) is 5.75 Å². The van der Waals surface area contributed by atoms with Crippen LogP contribution in [-0.4, -0.2) is 18.7 Å². The van der Waals surface area contributed by atoms with Gasteiger partial charge in [0.15, 0.2) is 0 Å². The van der Waals surface area contributed by atoms with Crippen LogP contribution in [-0.2, 0) is 0 Å². The van der Waals surface area contributed by atoms with Crippen molar-refractivity contribution in [3.63, 3.8) is 0 Å². The molecule has 0 aromatic heterocycles. The average molecular weight is 328 g/mol. The van der Waals surface area contributed by atoms with Crippen molar-refractivity contribution in [2.24, 2.45) is 5.41 Å². The molecule has 2 unspecified atom stereocenters. The molecule has 0 bridgehead atoms. The predicted molar refractivity (Wildman–Crippen MR) is 88.5 cm³/mol. The molecule has 0 amide bonds. The van der Waals surface area contributed by atoms with Crippen molar-refractivity contribution in [3.8, 4) is 5.75 Å². The zero-order chi connectivity index (χ0) is 14.9. The Hall–Kier alpha value is -0.440. The van der Waals surface area contributed by atoms with E-state index in [9.17, 15) is 0 Å². The average Bonchev–Trinajstić information content (AvgIpc) is 2.46. The minimum atomic E-state index is 0.288. The molecule has 1 spiro atoms. The zero-order valence-corrected chi connectivity index (χ0v) is 14.0. The summed E-state index contributed by atoms with van der Waals surface area (Å²) in [5, 5.41) is 4.92. The van der Waals surface area contributed by atoms with Crippen molar-refractivity contribution in [2.45, 2.75) is 57.6 Å². The van der Waals surface area contributed by atoms with Gasteiger partial charge in [-0.05, 0) is 37.6 Å². The van der Waals surface area contributed by atoms with Crippen LogP contribution in [0.15, 0.2) is 18.2 Å². The van der Waals surface area contributed by atoms with E-state index >= 15 is 0 Å². The van der Waals surface area contributed by atoms with Crippen LogP contribution in [0.25, 0.3) is 0 Å². The fraction of sp³-hybridized carbons (Fsp3) is 0.647. The van der Waals surface area contributed by atoms with Crippen LogP contribution < -0.4 is 10.1 Å². The lowest BCUT2D eigenvalue weighted by Crippen LogP contribution is -2.65. The van der Waals surface area contributed by atoms with Crippen molar-refractivity contribution in [3.05, 3.63) is 28.2 Å². The van der Waals surface area contributed by atoms with Gasteiger partial charge in [-0.15, -0.1) is 0 Å². The minimum absolute atomic E-state index is 0.288. The highest BCUT2D eigenvalue weighted by Crippen LogP contribution is 2.53. The molecular formula is C17H23Cl2NO. The van der Waals surface area contributed by atoms with E-state index in [1.165, 1.54) is 32.1 Å². The highest BCUT2D eigenvalue weighted by atomic mass is 35.5. The molecule has 4 heteroatoms. The molecule has 0 aliphatic heterocycles. The Morgan fingerprint density at radius 2 is 1.81 bits per heavy atom. The molecule has 2 nitrogen and oxygen atoms in total. The first-order valence-corrected chi connectivity index (χ1v) is 8.76. The van der Waals surface area contributed by atoms with E-state index in [0.717, 1.165) is 18.7 Å². The first-order chi connectivity index (χ1) is 10.1. The lowest BCUT2D eigenvalue weighted by Gasteiger charge is -2.57. The van der Waals surface area contributed by atoms with Gasteiger partial charge in [0.2, 0.25) is 0 Å². The molecule has 0 saturated heterocycles. The number of hydrogen-bond acceptors (Lipinski definition) is 2. The second-order valence-corrected chi connectivity index (χ2v) is 7.22. The third-order valence-electron chi connectivity index (χ3n) is 5.13. The van der Waals surface area contributed by atoms with Gasteiger partial charge in [0.25, 0.3) is 0 Å². The predicted octanol–water partition coefficient (Wildman–Crippen LogP) is 5.07. The molecule has 2 saturated carbocycles. The molecule has 3 rings (SSSR count). The van der Waals surface area contributed by atoms with Gasteiger partial charge in [-0.1, -0.05) is 49.4 Å². The molecule has 2 atom stereocenters. The lowest BCUT2D eigenvalue weighted by atomic mass is 9.55. The third-order valence-corrected chi connectivity index (χ3v) is 5.57. The topological polar surface area (TPSA) is 21.3 Å². The molecular weight excluding hydrogens is 305 g/mol. The molecule has 0 heterocycles. The Kier molecular flexibility index (Phi) is 4.68. The van der Waals surface area contributed by atoms with Crippen LogP contribution in [0.4, 0.5) is 0 Å². The molecule has 0 radical (unpaired) electrons. The number of nitrogens with one attached hydrogen (secondary N) is 1. The van der Waals surface area contributed by atoms with Gasteiger partial charge in [-0.25, -0.2) is 0 Å². The fourth-order valence-electron chi connectivity index (χ4n) is 4.09. The smallest absolute Gasteiger partial charge is 0.122 e. The second-order valence-electron chi connectivity index (χ2n) is 6.35. The van der Waals surface area contributed by atoms with E-state index < -0.39 is 0 Å². The number of rotatable bonds is 4. The Balaban J connectivity index is 1.75. The van der Waals surface area contributed by atoms with E-state index in [1.807, 2.05) is 12.1 Å². The first kappa shape index (κ1) is 15.5. The molecule has 2 aliphatic rings. The van der Waals surface area contributed by atoms with E-state index in [1.54, 1.807) is 6.07 Å². The molecule has 21 heavy (non-hydrogen) atoms. The molecule has 116 valence electrons. The van der Waals surface area contributed by atoms with Gasteiger partial charge in [0.05, 0.1) is 0 Å². The Morgan fingerprint density at radius 3 is 2.43 bits per heavy atom. The Labute approximate surface area is 137 Å². The third kappa shape index (κ3) is 3.04. The summed E-state index contributed by atoms with van der Waals surface area (Å²) < 4.78 is 6.27. The maximum atomic E-state index is 6.27. The summed E-state index contributed by atoms with van der Waals surface area (Å²) in [6.45, 7) is 3.21. The highest BCUT2D eigenvalue weighted by Gasteiger charge is 2.56. The number of halogens is 2. The van der Waals surface area contributed by atoms with Crippen LogP contribution in [0, 0.1) is 5.41 Å². The SMILES string of the molecule is CCNC1CC(Oc2cc(Cl)cc(Cl)c2)C12CCCCC2. The van der Waals surface area contributed by atoms with E-state index in [2.05, 4.69) is 12.2 Å². The lowest BCUT2D eigenvalue weighted by molar-refractivity contribution is -0.102. The van der Waals surface area contributed by atoms with Crippen LogP contribution in [0.2, 0.25) is 10.0 Å². The number of hydrogen-bond donors (Lipinski definition) is 1. The second kappa shape index (κ2) is 6.36. The van der Waals surface area contributed by atoms with Crippen LogP contribution in [0.3, 0.4) is 0 Å². The fourth-order valence-corrected chi connectivity index (χ4v) is 4.59. The van der Waals surface area contributed by atoms with Gasteiger partial charge in [-0.3, -0.25) is 0 Å². The first-order valence-electron chi connectivity index (χ1n) is 8.00. The van der Waals surface area contributed by atoms with Gasteiger partial charge in [-0.2, -0.15) is 0 Å². The molecule has 1 aromatic rings. The van der Waals surface area contributed by atoms with Crippen molar-refractivity contribution in [2.75, 3.05) is 6.54 Å². The number of ether oxygens (including phenoxy) is 1. The van der Waals surface area contributed by atoms with Crippen molar-refractivity contribution < 1.29 is 4.74 Å². The van der Waals surface area contributed by atoms with Gasteiger partial charge in [0.1, 0.15) is 11.9 Å². The summed E-state index contributed by atoms with van der Waals surface area (Å²) in [6, 6.07) is 6.08. The van der Waals surface area contributed by atoms with Gasteiger partial charge in [0, 0.05) is 27.9 Å². The summed E-state index contributed by atoms with van der Waals surface area (Å²) in [5.74, 6) is 0.803. The molecule has 2 fully saturated rings. The minimum Gasteiger partial charge on any atom is -0.490 e. The monoisotopic (exact) mass is 327 g/mol. The standard InChI is InChI=1S/C17H23Cl2NO/c1-2-20-15-11-16(17(15)6-4-3-5-7-17)21-14-9-12(18)8-13(19)10-14/h8-10,15-16,20H,2-7,11H2,1H3. The Morgan fingerprint density at radius 1 is 1.14 bits per heavy atom. The van der Waals surface area contributed by atoms with Gasteiger partial charge < -0.3 is 10.1 Å². The van der Waals surface area contributed by atoms with E-state index in [-0.39, 0.29) is 6.10 Å². The largest absolute Gasteiger partial charge is 0.490 e. The van der Waals surface area contributed by atoms with Crippen LogP contribution >= 0.6 is 23.2 Å². The van der Waals surface area contributed by atoms with Crippen molar-refractivity contribution in [1.29, 1.82) is 0 Å². The van der Waals surface area contributed by atoms with Crippen molar-refractivity contribution >= 4 is 23.2 Å². The van der Waals surface area contributed by atoms with Crippen LogP contribution in [0.1, 0.15) is 45.4 Å². The quantitative estimate of drug-likeness (QED) is 0.833. The summed E-state index contributed by atoms with van der Waals surface area (Å²) in [5.41, 5.74) is 0.309. The number of benzene rings is 1. The highest BCUT2D eigenvalue weighted by molar-refractivity contribution is 6.34. The maximum Gasteiger partial charge on any atom is 0.122 e. The summed E-state index contributed by atoms with van der Waals surface area (Å²) in [6.07, 6.45) is 7.90. The van der Waals surface area contributed by atoms with E-state index in [0.29, 0.717) is 21.5 Å². The van der Waals surface area contributed by atoms with Gasteiger partial charge >= 0.3 is 0 Å². The van der Waals surface area contributed by atoms with E-state index in [4.69, 9.17) is 27.9 Å². The molecule has 1 N–H and O–H groups in total. The summed E-state index contributed by atoms with van der Waals surface area (Å²) in [7, 11) is 0.